The lowest BCUT2D eigenvalue weighted by Crippen LogP contribution is -2.65. The number of primary amides is 1. The van der Waals surface area contributed by atoms with E-state index in [1.54, 1.807) is 39.0 Å². The molecule has 1 aromatic rings. The van der Waals surface area contributed by atoms with Gasteiger partial charge in [0.1, 0.15) is 17.6 Å². The fraction of sp³-hybridized carbons (Fsp3) is 0.686. The van der Waals surface area contributed by atoms with Gasteiger partial charge in [-0.3, -0.25) is 19.2 Å². The Bertz CT molecular complexity index is 1400. The Morgan fingerprint density at radius 2 is 1.60 bits per heavy atom. The number of nitrogens with one attached hydrogen (secondary N) is 3. The number of urea groups is 1. The van der Waals surface area contributed by atoms with E-state index in [9.17, 15) is 24.0 Å². The smallest absolute Gasteiger partial charge is 0.316 e. The summed E-state index contributed by atoms with van der Waals surface area (Å²) in [5, 5.41) is 8.09. The zero-order chi connectivity index (χ0) is 34.5. The number of piperidine rings is 1. The van der Waals surface area contributed by atoms with Gasteiger partial charge in [-0.05, 0) is 47.8 Å². The summed E-state index contributed by atoms with van der Waals surface area (Å²) in [5.74, 6) is -6.39. The summed E-state index contributed by atoms with van der Waals surface area (Å²) >= 11 is 0. The molecule has 5 amide bonds. The molecule has 0 bridgehead atoms. The second kappa shape index (κ2) is 12.5. The Kier molecular flexibility index (Phi) is 9.22. The van der Waals surface area contributed by atoms with E-state index in [2.05, 4.69) is 16.0 Å². The standard InChI is InChI=1S/C35H49F2N5O5/c1-32(2,3)27(40-31(47)41-34(16-10-7-11-17-34)35(36,37)21-12-8-6-9-13-21)30(46)42-19-22-24(33(22,4)5)25(42)29(45)39-23(18-20-14-15-20)26(43)28(38)44/h6,8-9,12-13,20,22-25,27H,7,10-11,14-19H2,1-5H3,(H2,38,44)(H,39,45)(H2,40,41,47)/t22-,23?,24-,25-,27+/m0/s1. The van der Waals surface area contributed by atoms with Crippen LogP contribution in [-0.4, -0.2) is 64.6 Å². The highest BCUT2D eigenvalue weighted by Gasteiger charge is 2.70. The van der Waals surface area contributed by atoms with Crippen LogP contribution in [0.3, 0.4) is 0 Å². The minimum absolute atomic E-state index is 0.0143. The summed E-state index contributed by atoms with van der Waals surface area (Å²) in [5.41, 5.74) is 2.17. The van der Waals surface area contributed by atoms with Gasteiger partial charge >= 0.3 is 6.03 Å². The van der Waals surface area contributed by atoms with Gasteiger partial charge in [-0.1, -0.05) is 97.1 Å². The number of likely N-dealkylation sites (tertiary alicyclic amines) is 1. The number of ketones is 1. The highest BCUT2D eigenvalue weighted by Crippen LogP contribution is 2.65. The SMILES string of the molecule is CC(C)(C)[C@H](NC(=O)NC1(C(F)(F)c2ccccc2)CCCCC1)C(=O)N1C[C@H]2[C@@H]([C@H]1C(=O)NC(CC1CC1)C(=O)C(N)=O)C2(C)C. The summed E-state index contributed by atoms with van der Waals surface area (Å²) in [6.07, 6.45) is 4.06. The quantitative estimate of drug-likeness (QED) is 0.265. The van der Waals surface area contributed by atoms with E-state index in [1.807, 2.05) is 13.8 Å². The number of hydrogen-bond acceptors (Lipinski definition) is 5. The maximum Gasteiger partial charge on any atom is 0.316 e. The molecule has 1 aromatic carbocycles. The number of alkyl halides is 2. The Balaban J connectivity index is 1.37. The average Bonchev–Trinajstić information content (AvgIpc) is 3.86. The van der Waals surface area contributed by atoms with Crippen molar-refractivity contribution in [3.8, 4) is 0 Å². The first-order valence-electron chi connectivity index (χ1n) is 16.9. The molecule has 0 spiro atoms. The summed E-state index contributed by atoms with van der Waals surface area (Å²) in [7, 11) is 0. The van der Waals surface area contributed by atoms with E-state index < -0.39 is 64.5 Å². The number of carbonyl (C=O) groups excluding carboxylic acids is 5. The number of Topliss-reactive ketones (excluding diaryl/α,β-unsaturated/α-hetero) is 1. The predicted molar refractivity (Wildman–Crippen MR) is 171 cm³/mol. The third-order valence-electron chi connectivity index (χ3n) is 11.1. The monoisotopic (exact) mass is 657 g/mol. The molecular formula is C35H49F2N5O5. The normalized spacial score (nSPS) is 25.9. The van der Waals surface area contributed by atoms with Crippen molar-refractivity contribution in [3.63, 3.8) is 0 Å². The van der Waals surface area contributed by atoms with Gasteiger partial charge in [-0.15, -0.1) is 0 Å². The van der Waals surface area contributed by atoms with Gasteiger partial charge in [0.15, 0.2) is 0 Å². The van der Waals surface area contributed by atoms with Gasteiger partial charge < -0.3 is 26.6 Å². The molecule has 12 heteroatoms. The first kappa shape index (κ1) is 34.8. The highest BCUT2D eigenvalue weighted by molar-refractivity contribution is 6.37. The van der Waals surface area contributed by atoms with Gasteiger partial charge in [0, 0.05) is 12.1 Å². The number of halogens is 2. The van der Waals surface area contributed by atoms with Crippen LogP contribution >= 0.6 is 0 Å². The number of amides is 5. The zero-order valence-electron chi connectivity index (χ0n) is 28.0. The van der Waals surface area contributed by atoms with Crippen LogP contribution in [0.4, 0.5) is 13.6 Å². The van der Waals surface area contributed by atoms with Crippen LogP contribution < -0.4 is 21.7 Å². The first-order valence-corrected chi connectivity index (χ1v) is 16.9. The second-order valence-electron chi connectivity index (χ2n) is 15.8. The first-order chi connectivity index (χ1) is 21.9. The summed E-state index contributed by atoms with van der Waals surface area (Å²) < 4.78 is 32.3. The molecule has 5 N–H and O–H groups in total. The summed E-state index contributed by atoms with van der Waals surface area (Å²) in [6.45, 7) is 9.58. The van der Waals surface area contributed by atoms with Crippen LogP contribution in [0.1, 0.15) is 91.5 Å². The number of fused-ring (bicyclic) bond motifs is 1. The lowest BCUT2D eigenvalue weighted by molar-refractivity contribution is -0.145. The number of carbonyl (C=O) groups is 5. The molecule has 3 aliphatic carbocycles. The predicted octanol–water partition coefficient (Wildman–Crippen LogP) is 4.02. The molecule has 258 valence electrons. The maximum atomic E-state index is 16.2. The number of nitrogens with zero attached hydrogens (tertiary/aromatic N) is 1. The molecule has 0 aromatic heterocycles. The summed E-state index contributed by atoms with van der Waals surface area (Å²) in [6, 6.07) is 3.41. The molecule has 4 fully saturated rings. The third kappa shape index (κ3) is 6.74. The molecule has 1 aliphatic heterocycles. The van der Waals surface area contributed by atoms with Crippen LogP contribution in [-0.2, 0) is 25.1 Å². The van der Waals surface area contributed by atoms with Crippen molar-refractivity contribution >= 4 is 29.5 Å². The molecule has 3 saturated carbocycles. The highest BCUT2D eigenvalue weighted by atomic mass is 19.3. The number of rotatable bonds is 11. The molecule has 1 heterocycles. The van der Waals surface area contributed by atoms with Gasteiger partial charge in [0.05, 0.1) is 6.04 Å². The molecule has 47 heavy (non-hydrogen) atoms. The number of benzene rings is 1. The third-order valence-corrected chi connectivity index (χ3v) is 11.1. The van der Waals surface area contributed by atoms with E-state index in [-0.39, 0.29) is 48.1 Å². The van der Waals surface area contributed by atoms with Crippen LogP contribution in [0.15, 0.2) is 30.3 Å². The van der Waals surface area contributed by atoms with Crippen molar-refractivity contribution in [3.05, 3.63) is 35.9 Å². The van der Waals surface area contributed by atoms with E-state index in [0.29, 0.717) is 19.3 Å². The van der Waals surface area contributed by atoms with Gasteiger partial charge in [-0.2, -0.15) is 8.78 Å². The average molecular weight is 658 g/mol. The minimum Gasteiger partial charge on any atom is -0.363 e. The van der Waals surface area contributed by atoms with Crippen molar-refractivity contribution < 1.29 is 32.8 Å². The molecule has 1 unspecified atom stereocenters. The molecule has 4 aliphatic rings. The van der Waals surface area contributed by atoms with Gasteiger partial charge in [-0.25, -0.2) is 4.79 Å². The Labute approximate surface area is 275 Å². The van der Waals surface area contributed by atoms with Crippen LogP contribution in [0.25, 0.3) is 0 Å². The van der Waals surface area contributed by atoms with E-state index in [1.165, 1.54) is 17.0 Å². The maximum absolute atomic E-state index is 16.2. The van der Waals surface area contributed by atoms with Crippen molar-refractivity contribution in [2.75, 3.05) is 6.54 Å². The minimum atomic E-state index is -3.36. The fourth-order valence-electron chi connectivity index (χ4n) is 7.96. The molecule has 5 atom stereocenters. The number of hydrogen-bond donors (Lipinski definition) is 4. The van der Waals surface area contributed by atoms with Crippen LogP contribution in [0, 0.1) is 28.6 Å². The molecular weight excluding hydrogens is 608 g/mol. The molecule has 5 rings (SSSR count). The zero-order valence-corrected chi connectivity index (χ0v) is 28.0. The van der Waals surface area contributed by atoms with Crippen molar-refractivity contribution in [1.29, 1.82) is 0 Å². The summed E-state index contributed by atoms with van der Waals surface area (Å²) in [4.78, 5) is 67.7. The largest absolute Gasteiger partial charge is 0.363 e. The molecule has 0 radical (unpaired) electrons. The van der Waals surface area contributed by atoms with Crippen molar-refractivity contribution in [1.82, 2.24) is 20.9 Å². The Hall–Kier alpha value is -3.57. The molecule has 10 nitrogen and oxygen atoms in total. The van der Waals surface area contributed by atoms with Crippen molar-refractivity contribution in [2.24, 2.45) is 34.3 Å². The Morgan fingerprint density at radius 3 is 2.15 bits per heavy atom. The fourth-order valence-corrected chi connectivity index (χ4v) is 7.96. The van der Waals surface area contributed by atoms with Gasteiger partial charge in [0.25, 0.3) is 11.8 Å². The number of nitrogens with two attached hydrogens (primary N) is 1. The van der Waals surface area contributed by atoms with Crippen LogP contribution in [0.5, 0.6) is 0 Å². The van der Waals surface area contributed by atoms with Crippen molar-refractivity contribution in [2.45, 2.75) is 116 Å². The van der Waals surface area contributed by atoms with E-state index in [0.717, 1.165) is 19.3 Å². The van der Waals surface area contributed by atoms with Crippen LogP contribution in [0.2, 0.25) is 0 Å². The lowest BCUT2D eigenvalue weighted by atomic mass is 9.74. The molecule has 1 saturated heterocycles. The Morgan fingerprint density at radius 1 is 0.979 bits per heavy atom. The van der Waals surface area contributed by atoms with E-state index in [4.69, 9.17) is 5.73 Å². The van der Waals surface area contributed by atoms with Gasteiger partial charge in [0.2, 0.25) is 17.6 Å². The lowest BCUT2D eigenvalue weighted by Gasteiger charge is -2.44. The van der Waals surface area contributed by atoms with E-state index >= 15 is 8.78 Å². The topological polar surface area (TPSA) is 151 Å². The second-order valence-corrected chi connectivity index (χ2v) is 15.8.